The first-order valence-corrected chi connectivity index (χ1v) is 6.12. The van der Waals surface area contributed by atoms with Crippen molar-refractivity contribution < 1.29 is 9.90 Å². The zero-order valence-corrected chi connectivity index (χ0v) is 10.6. The number of nitrogens with one attached hydrogen (secondary N) is 1. The van der Waals surface area contributed by atoms with Crippen molar-refractivity contribution in [3.8, 4) is 0 Å². The molecule has 0 aliphatic carbocycles. The van der Waals surface area contributed by atoms with Crippen molar-refractivity contribution in [2.24, 2.45) is 5.92 Å². The van der Waals surface area contributed by atoms with Crippen molar-refractivity contribution in [1.29, 1.82) is 0 Å². The van der Waals surface area contributed by atoms with Crippen LogP contribution in [0, 0.1) is 12.8 Å². The summed E-state index contributed by atoms with van der Waals surface area (Å²) in [5.41, 5.74) is 2.55. The molecule has 0 amide bonds. The van der Waals surface area contributed by atoms with Gasteiger partial charge in [-0.05, 0) is 31.9 Å². The quantitative estimate of drug-likeness (QED) is 0.713. The molecule has 3 heteroatoms. The van der Waals surface area contributed by atoms with E-state index in [4.69, 9.17) is 5.11 Å². The highest BCUT2D eigenvalue weighted by atomic mass is 16.4. The van der Waals surface area contributed by atoms with Crippen molar-refractivity contribution in [2.45, 2.75) is 26.7 Å². The van der Waals surface area contributed by atoms with Crippen LogP contribution in [0.15, 0.2) is 24.3 Å². The van der Waals surface area contributed by atoms with E-state index in [0.29, 0.717) is 13.0 Å². The Hall–Kier alpha value is -1.35. The summed E-state index contributed by atoms with van der Waals surface area (Å²) >= 11 is 0. The molecule has 0 aliphatic heterocycles. The predicted molar refractivity (Wildman–Crippen MR) is 69.2 cm³/mol. The van der Waals surface area contributed by atoms with Crippen LogP contribution in [0.4, 0.5) is 0 Å². The predicted octanol–water partition coefficient (Wildman–Crippen LogP) is 2.24. The van der Waals surface area contributed by atoms with E-state index < -0.39 is 5.97 Å². The average Bonchev–Trinajstić information content (AvgIpc) is 2.31. The number of benzene rings is 1. The molecule has 1 unspecified atom stereocenters. The van der Waals surface area contributed by atoms with Crippen molar-refractivity contribution in [1.82, 2.24) is 5.32 Å². The van der Waals surface area contributed by atoms with Crippen LogP contribution in [0.5, 0.6) is 0 Å². The topological polar surface area (TPSA) is 49.3 Å². The van der Waals surface area contributed by atoms with Crippen LogP contribution >= 0.6 is 0 Å². The molecule has 0 saturated heterocycles. The van der Waals surface area contributed by atoms with Crippen molar-refractivity contribution >= 4 is 5.97 Å². The van der Waals surface area contributed by atoms with Gasteiger partial charge < -0.3 is 10.4 Å². The summed E-state index contributed by atoms with van der Waals surface area (Å²) in [5, 5.41) is 12.1. The van der Waals surface area contributed by atoms with Gasteiger partial charge in [0.1, 0.15) is 0 Å². The molecule has 0 saturated carbocycles. The summed E-state index contributed by atoms with van der Waals surface area (Å²) in [6.07, 6.45) is 1.61. The fraction of sp³-hybridized carbons (Fsp3) is 0.500. The van der Waals surface area contributed by atoms with E-state index in [9.17, 15) is 4.79 Å². The molecule has 1 atom stereocenters. The van der Waals surface area contributed by atoms with Crippen molar-refractivity contribution in [3.63, 3.8) is 0 Å². The Balaban J connectivity index is 2.24. The molecule has 17 heavy (non-hydrogen) atoms. The molecular formula is C14H21NO2. The second-order valence-electron chi connectivity index (χ2n) is 4.38. The number of hydrogen-bond acceptors (Lipinski definition) is 2. The van der Waals surface area contributed by atoms with Gasteiger partial charge in [-0.2, -0.15) is 0 Å². The smallest absolute Gasteiger partial charge is 0.307 e. The highest BCUT2D eigenvalue weighted by Crippen LogP contribution is 2.04. The van der Waals surface area contributed by atoms with Crippen LogP contribution in [-0.2, 0) is 11.2 Å². The molecule has 0 aliphatic rings. The molecule has 0 radical (unpaired) electrons. The van der Waals surface area contributed by atoms with Gasteiger partial charge in [-0.3, -0.25) is 4.79 Å². The van der Waals surface area contributed by atoms with Gasteiger partial charge in [-0.25, -0.2) is 0 Å². The van der Waals surface area contributed by atoms with E-state index in [1.165, 1.54) is 11.1 Å². The third-order valence-electron chi connectivity index (χ3n) is 2.94. The molecule has 0 bridgehead atoms. The lowest BCUT2D eigenvalue weighted by atomic mass is 10.1. The summed E-state index contributed by atoms with van der Waals surface area (Å²) in [4.78, 5) is 10.8. The van der Waals surface area contributed by atoms with Gasteiger partial charge in [0.15, 0.2) is 0 Å². The first-order chi connectivity index (χ1) is 8.13. The lowest BCUT2D eigenvalue weighted by Gasteiger charge is -2.10. The summed E-state index contributed by atoms with van der Waals surface area (Å²) in [6, 6.07) is 8.43. The van der Waals surface area contributed by atoms with Gasteiger partial charge >= 0.3 is 5.97 Å². The van der Waals surface area contributed by atoms with Crippen molar-refractivity contribution in [2.75, 3.05) is 13.1 Å². The Bertz CT molecular complexity index is 346. The van der Waals surface area contributed by atoms with Gasteiger partial charge in [-0.15, -0.1) is 0 Å². The van der Waals surface area contributed by atoms with Crippen LogP contribution in [0.1, 0.15) is 24.5 Å². The maximum atomic E-state index is 10.8. The molecule has 0 aromatic heterocycles. The molecule has 1 rings (SSSR count). The molecule has 1 aromatic carbocycles. The maximum Gasteiger partial charge on any atom is 0.307 e. The summed E-state index contributed by atoms with van der Waals surface area (Å²) in [5.74, 6) is -0.983. The van der Waals surface area contributed by atoms with Gasteiger partial charge in [0.2, 0.25) is 0 Å². The van der Waals surface area contributed by atoms with E-state index in [2.05, 4.69) is 36.5 Å². The molecule has 0 fully saturated rings. The van der Waals surface area contributed by atoms with E-state index in [1.807, 2.05) is 6.92 Å². The highest BCUT2D eigenvalue weighted by molar-refractivity contribution is 5.70. The van der Waals surface area contributed by atoms with E-state index in [-0.39, 0.29) is 5.92 Å². The Labute approximate surface area is 103 Å². The first kappa shape index (κ1) is 13.7. The van der Waals surface area contributed by atoms with E-state index in [1.54, 1.807) is 0 Å². The third-order valence-corrected chi connectivity index (χ3v) is 2.94. The Morgan fingerprint density at radius 3 is 2.53 bits per heavy atom. The van der Waals surface area contributed by atoms with Crippen LogP contribution in [0.3, 0.4) is 0 Å². The number of rotatable bonds is 7. The summed E-state index contributed by atoms with van der Waals surface area (Å²) in [6.45, 7) is 5.35. The van der Waals surface area contributed by atoms with Crippen LogP contribution in [-0.4, -0.2) is 24.2 Å². The summed E-state index contributed by atoms with van der Waals surface area (Å²) < 4.78 is 0. The Morgan fingerprint density at radius 2 is 2.00 bits per heavy atom. The molecule has 0 heterocycles. The highest BCUT2D eigenvalue weighted by Gasteiger charge is 2.13. The molecule has 2 N–H and O–H groups in total. The van der Waals surface area contributed by atoms with E-state index in [0.717, 1.165) is 13.0 Å². The van der Waals surface area contributed by atoms with Gasteiger partial charge in [0.05, 0.1) is 5.92 Å². The summed E-state index contributed by atoms with van der Waals surface area (Å²) in [7, 11) is 0. The first-order valence-electron chi connectivity index (χ1n) is 6.12. The normalized spacial score (nSPS) is 12.4. The Morgan fingerprint density at radius 1 is 1.35 bits per heavy atom. The second kappa shape index (κ2) is 7.07. The molecule has 3 nitrogen and oxygen atoms in total. The van der Waals surface area contributed by atoms with Gasteiger partial charge in [0.25, 0.3) is 0 Å². The number of carboxylic acid groups (broad SMARTS) is 1. The standard InChI is InChI=1S/C14H21NO2/c1-3-13(14(16)17)10-15-9-8-12-6-4-11(2)5-7-12/h4-7,13,15H,3,8-10H2,1-2H3,(H,16,17). The minimum absolute atomic E-state index is 0.270. The largest absolute Gasteiger partial charge is 0.481 e. The number of aliphatic carboxylic acids is 1. The number of carboxylic acids is 1. The fourth-order valence-corrected chi connectivity index (χ4v) is 1.67. The fourth-order valence-electron chi connectivity index (χ4n) is 1.67. The van der Waals surface area contributed by atoms with Gasteiger partial charge in [0, 0.05) is 6.54 Å². The molecule has 1 aromatic rings. The zero-order valence-electron chi connectivity index (χ0n) is 10.6. The van der Waals surface area contributed by atoms with E-state index >= 15 is 0 Å². The minimum atomic E-state index is -0.713. The second-order valence-corrected chi connectivity index (χ2v) is 4.38. The molecular weight excluding hydrogens is 214 g/mol. The monoisotopic (exact) mass is 235 g/mol. The third kappa shape index (κ3) is 5.00. The van der Waals surface area contributed by atoms with Crippen molar-refractivity contribution in [3.05, 3.63) is 35.4 Å². The average molecular weight is 235 g/mol. The molecule has 0 spiro atoms. The van der Waals surface area contributed by atoms with Gasteiger partial charge in [-0.1, -0.05) is 36.8 Å². The minimum Gasteiger partial charge on any atom is -0.481 e. The lowest BCUT2D eigenvalue weighted by Crippen LogP contribution is -2.29. The lowest BCUT2D eigenvalue weighted by molar-refractivity contribution is -0.141. The Kier molecular flexibility index (Phi) is 5.70. The SMILES string of the molecule is CCC(CNCCc1ccc(C)cc1)C(=O)O. The number of carbonyl (C=O) groups is 1. The maximum absolute atomic E-state index is 10.8. The number of aryl methyl sites for hydroxylation is 1. The zero-order chi connectivity index (χ0) is 12.7. The van der Waals surface area contributed by atoms with Crippen LogP contribution in [0.2, 0.25) is 0 Å². The molecule has 94 valence electrons. The van der Waals surface area contributed by atoms with Crippen LogP contribution < -0.4 is 5.32 Å². The number of hydrogen-bond donors (Lipinski definition) is 2. The van der Waals surface area contributed by atoms with Crippen LogP contribution in [0.25, 0.3) is 0 Å².